The van der Waals surface area contributed by atoms with Crippen LogP contribution in [0.5, 0.6) is 0 Å². The van der Waals surface area contributed by atoms with Crippen LogP contribution in [0.25, 0.3) is 16.3 Å². The van der Waals surface area contributed by atoms with E-state index in [0.717, 1.165) is 46.8 Å². The fraction of sp³-hybridized carbons (Fsp3) is 0.364. The summed E-state index contributed by atoms with van der Waals surface area (Å²) in [6.45, 7) is 11.4. The first-order chi connectivity index (χ1) is 14.8. The molecule has 0 saturated heterocycles. The number of fused-ring (bicyclic) bond motifs is 1. The Morgan fingerprint density at radius 3 is 2.55 bits per heavy atom. The lowest BCUT2D eigenvalue weighted by molar-refractivity contribution is -0.380. The molecule has 2 aromatic heterocycles. The first-order valence-electron chi connectivity index (χ1n) is 10.2. The summed E-state index contributed by atoms with van der Waals surface area (Å²) in [5.74, 6) is -0.184. The maximum Gasteiger partial charge on any atom is 0.324 e. The minimum Gasteiger partial charge on any atom is -0.302 e. The van der Waals surface area contributed by atoms with Crippen molar-refractivity contribution < 1.29 is 9.72 Å². The van der Waals surface area contributed by atoms with E-state index in [1.807, 2.05) is 6.92 Å². The largest absolute Gasteiger partial charge is 0.324 e. The number of carbonyl (C=O) groups is 1. The van der Waals surface area contributed by atoms with Gasteiger partial charge in [0, 0.05) is 30.1 Å². The topological polar surface area (TPSA) is 79.6 Å². The van der Waals surface area contributed by atoms with Crippen molar-refractivity contribution in [3.05, 3.63) is 56.5 Å². The highest BCUT2D eigenvalue weighted by molar-refractivity contribution is 7.22. The van der Waals surface area contributed by atoms with Crippen molar-refractivity contribution in [2.75, 3.05) is 31.1 Å². The summed E-state index contributed by atoms with van der Waals surface area (Å²) in [5, 5.41) is 11.6. The van der Waals surface area contributed by atoms with Crippen LogP contribution in [0.2, 0.25) is 0 Å². The van der Waals surface area contributed by atoms with Gasteiger partial charge in [0.1, 0.15) is 0 Å². The van der Waals surface area contributed by atoms with E-state index in [9.17, 15) is 14.9 Å². The molecule has 0 aliphatic heterocycles. The van der Waals surface area contributed by atoms with Crippen LogP contribution in [-0.2, 0) is 4.79 Å². The predicted octanol–water partition coefficient (Wildman–Crippen LogP) is 5.27. The van der Waals surface area contributed by atoms with Gasteiger partial charge < -0.3 is 4.90 Å². The molecule has 0 atom stereocenters. The van der Waals surface area contributed by atoms with Crippen molar-refractivity contribution in [3.8, 4) is 0 Å². The third-order valence-corrected chi connectivity index (χ3v) is 7.06. The number of aromatic nitrogens is 1. The summed E-state index contributed by atoms with van der Waals surface area (Å²) in [6, 6.07) is 7.29. The minimum atomic E-state index is -0.425. The highest BCUT2D eigenvalue weighted by Crippen LogP contribution is 2.32. The van der Waals surface area contributed by atoms with E-state index in [1.54, 1.807) is 17.0 Å². The van der Waals surface area contributed by atoms with Gasteiger partial charge in [-0.25, -0.2) is 4.98 Å². The van der Waals surface area contributed by atoms with Gasteiger partial charge in [0.15, 0.2) is 5.13 Å². The number of likely N-dealkylation sites (N-methyl/N-ethyl adjacent to an activating group) is 1. The summed E-state index contributed by atoms with van der Waals surface area (Å²) in [4.78, 5) is 33.0. The number of hydrogen-bond acceptors (Lipinski definition) is 7. The molecular weight excluding hydrogens is 432 g/mol. The van der Waals surface area contributed by atoms with Crippen LogP contribution < -0.4 is 4.90 Å². The number of benzene rings is 1. The standard InChI is InChI=1S/C22H26N4O3S2/c1-5-24(6-2)11-12-25(19(27)9-7-17-8-10-20(30-17)26(28)29)22-23-21-16(4)13-15(3)14-18(21)31-22/h7-10,13-14H,5-6,11-12H2,1-4H3. The Morgan fingerprint density at radius 1 is 1.16 bits per heavy atom. The second kappa shape index (κ2) is 10.1. The molecule has 1 amide bonds. The summed E-state index contributed by atoms with van der Waals surface area (Å²) >= 11 is 2.56. The summed E-state index contributed by atoms with van der Waals surface area (Å²) in [7, 11) is 0. The Kier molecular flexibility index (Phi) is 7.53. The molecule has 0 bridgehead atoms. The molecule has 3 aromatic rings. The fourth-order valence-electron chi connectivity index (χ4n) is 3.33. The highest BCUT2D eigenvalue weighted by Gasteiger charge is 2.20. The lowest BCUT2D eigenvalue weighted by Gasteiger charge is -2.23. The van der Waals surface area contributed by atoms with E-state index >= 15 is 0 Å². The number of anilines is 1. The molecule has 3 rings (SSSR count). The van der Waals surface area contributed by atoms with Gasteiger partial charge >= 0.3 is 5.00 Å². The van der Waals surface area contributed by atoms with Crippen molar-refractivity contribution in [2.45, 2.75) is 27.7 Å². The maximum atomic E-state index is 13.1. The quantitative estimate of drug-likeness (QED) is 0.248. The zero-order valence-corrected chi connectivity index (χ0v) is 19.8. The molecule has 31 heavy (non-hydrogen) atoms. The first-order valence-corrected chi connectivity index (χ1v) is 11.8. The number of carbonyl (C=O) groups excluding carboxylic acids is 1. The second-order valence-corrected chi connectivity index (χ2v) is 9.31. The first kappa shape index (κ1) is 23.1. The Bertz CT molecular complexity index is 1120. The number of nitrogens with zero attached hydrogens (tertiary/aromatic N) is 4. The Hall–Kier alpha value is -2.62. The molecule has 0 saturated carbocycles. The SMILES string of the molecule is CCN(CC)CCN(C(=O)C=Cc1ccc([N+](=O)[O-])s1)c1nc2c(C)cc(C)cc2s1. The Balaban J connectivity index is 1.89. The van der Waals surface area contributed by atoms with E-state index in [0.29, 0.717) is 16.6 Å². The van der Waals surface area contributed by atoms with Crippen LogP contribution in [-0.4, -0.2) is 46.9 Å². The lowest BCUT2D eigenvalue weighted by Crippen LogP contribution is -2.38. The third kappa shape index (κ3) is 5.55. The molecule has 0 N–H and O–H groups in total. The van der Waals surface area contributed by atoms with Crippen molar-refractivity contribution in [1.29, 1.82) is 0 Å². The smallest absolute Gasteiger partial charge is 0.302 e. The predicted molar refractivity (Wildman–Crippen MR) is 129 cm³/mol. The molecule has 1 aromatic carbocycles. The normalized spacial score (nSPS) is 11.6. The van der Waals surface area contributed by atoms with Crippen LogP contribution in [0.1, 0.15) is 29.9 Å². The monoisotopic (exact) mass is 458 g/mol. The van der Waals surface area contributed by atoms with Crippen LogP contribution in [0.4, 0.5) is 10.1 Å². The number of hydrogen-bond donors (Lipinski definition) is 0. The van der Waals surface area contributed by atoms with Gasteiger partial charge in [0.25, 0.3) is 5.91 Å². The number of thiazole rings is 1. The molecule has 9 heteroatoms. The number of amides is 1. The third-order valence-electron chi connectivity index (χ3n) is 5.03. The van der Waals surface area contributed by atoms with Crippen molar-refractivity contribution >= 4 is 55.0 Å². The van der Waals surface area contributed by atoms with Gasteiger partial charge in [-0.05, 0) is 56.3 Å². The zero-order valence-electron chi connectivity index (χ0n) is 18.1. The molecule has 0 fully saturated rings. The number of rotatable bonds is 9. The average Bonchev–Trinajstić information content (AvgIpc) is 3.37. The van der Waals surface area contributed by atoms with Crippen molar-refractivity contribution in [1.82, 2.24) is 9.88 Å². The van der Waals surface area contributed by atoms with Gasteiger partial charge in [0.2, 0.25) is 0 Å². The number of nitro groups is 1. The van der Waals surface area contributed by atoms with Crippen LogP contribution in [0, 0.1) is 24.0 Å². The van der Waals surface area contributed by atoms with Gasteiger partial charge in [-0.15, -0.1) is 0 Å². The molecule has 0 unspecified atom stereocenters. The minimum absolute atomic E-state index is 0.0579. The molecular formula is C22H26N4O3S2. The Labute approximate surface area is 189 Å². The van der Waals surface area contributed by atoms with Crippen molar-refractivity contribution in [2.24, 2.45) is 0 Å². The average molecular weight is 459 g/mol. The maximum absolute atomic E-state index is 13.1. The van der Waals surface area contributed by atoms with E-state index in [-0.39, 0.29) is 10.9 Å². The van der Waals surface area contributed by atoms with E-state index in [2.05, 4.69) is 37.8 Å². The highest BCUT2D eigenvalue weighted by atomic mass is 32.1. The van der Waals surface area contributed by atoms with Crippen molar-refractivity contribution in [3.63, 3.8) is 0 Å². The van der Waals surface area contributed by atoms with Gasteiger partial charge in [-0.2, -0.15) is 0 Å². The molecule has 164 valence electrons. The zero-order chi connectivity index (χ0) is 22.5. The fourth-order valence-corrected chi connectivity index (χ4v) is 5.23. The lowest BCUT2D eigenvalue weighted by atomic mass is 10.1. The molecule has 7 nitrogen and oxygen atoms in total. The summed E-state index contributed by atoms with van der Waals surface area (Å²) in [5.41, 5.74) is 3.18. The summed E-state index contributed by atoms with van der Waals surface area (Å²) < 4.78 is 1.06. The molecule has 2 heterocycles. The van der Waals surface area contributed by atoms with E-state index in [4.69, 9.17) is 4.98 Å². The van der Waals surface area contributed by atoms with E-state index in [1.165, 1.54) is 29.0 Å². The van der Waals surface area contributed by atoms with Gasteiger partial charge in [-0.1, -0.05) is 42.6 Å². The Morgan fingerprint density at radius 2 is 1.90 bits per heavy atom. The van der Waals surface area contributed by atoms with Crippen LogP contribution in [0.15, 0.2) is 30.3 Å². The summed E-state index contributed by atoms with van der Waals surface area (Å²) in [6.07, 6.45) is 3.11. The second-order valence-electron chi connectivity index (χ2n) is 7.21. The number of aryl methyl sites for hydroxylation is 2. The molecule has 0 spiro atoms. The molecule has 0 aliphatic rings. The van der Waals surface area contributed by atoms with E-state index < -0.39 is 4.92 Å². The number of thiophene rings is 1. The van der Waals surface area contributed by atoms with Crippen LogP contribution >= 0.6 is 22.7 Å². The molecule has 0 radical (unpaired) electrons. The van der Waals surface area contributed by atoms with Gasteiger partial charge in [-0.3, -0.25) is 19.8 Å². The van der Waals surface area contributed by atoms with Crippen LogP contribution in [0.3, 0.4) is 0 Å². The molecule has 0 aliphatic carbocycles. The van der Waals surface area contributed by atoms with Gasteiger partial charge in [0.05, 0.1) is 15.1 Å².